The zero-order valence-corrected chi connectivity index (χ0v) is 21.8. The van der Waals surface area contributed by atoms with Gasteiger partial charge < -0.3 is 15.0 Å². The number of halogens is 3. The lowest BCUT2D eigenvalue weighted by Crippen LogP contribution is -2.30. The Hall–Kier alpha value is -4.67. The molecule has 0 aromatic heterocycles. The molecule has 208 valence electrons. The van der Waals surface area contributed by atoms with Gasteiger partial charge in [-0.3, -0.25) is 14.4 Å². The fourth-order valence-corrected chi connectivity index (χ4v) is 4.06. The van der Waals surface area contributed by atoms with Crippen LogP contribution in [0.1, 0.15) is 28.7 Å². The van der Waals surface area contributed by atoms with E-state index >= 15 is 0 Å². The molecule has 0 radical (unpaired) electrons. The summed E-state index contributed by atoms with van der Waals surface area (Å²) < 4.78 is 43.9. The van der Waals surface area contributed by atoms with Gasteiger partial charge in [0, 0.05) is 24.3 Å². The number of ether oxygens (including phenoxy) is 1. The second kappa shape index (κ2) is 12.0. The Kier molecular flexibility index (Phi) is 8.52. The zero-order valence-electron chi connectivity index (χ0n) is 21.8. The number of benzene rings is 3. The Bertz CT molecular complexity index is 1440. The molecule has 0 aliphatic carbocycles. The molecule has 8 nitrogen and oxygen atoms in total. The minimum Gasteiger partial charge on any atom is -0.484 e. The Morgan fingerprint density at radius 1 is 1.05 bits per heavy atom. The van der Waals surface area contributed by atoms with Crippen LogP contribution < -0.4 is 20.4 Å². The summed E-state index contributed by atoms with van der Waals surface area (Å²) in [6.07, 6.45) is -2.98. The van der Waals surface area contributed by atoms with Crippen LogP contribution in [0.5, 0.6) is 5.75 Å². The van der Waals surface area contributed by atoms with Crippen molar-refractivity contribution >= 4 is 35.3 Å². The Labute approximate surface area is 228 Å². The molecule has 3 amide bonds. The molecule has 0 bridgehead atoms. The first-order valence-electron chi connectivity index (χ1n) is 12.4. The highest BCUT2D eigenvalue weighted by atomic mass is 19.4. The van der Waals surface area contributed by atoms with Crippen molar-refractivity contribution in [1.29, 1.82) is 0 Å². The number of nitrogens with zero attached hydrogens (tertiary/aromatic N) is 2. The maximum atomic E-state index is 12.8. The number of carbonyl (C=O) groups is 3. The monoisotopic (exact) mass is 552 g/mol. The molecule has 11 heteroatoms. The number of anilines is 2. The van der Waals surface area contributed by atoms with Gasteiger partial charge in [-0.1, -0.05) is 12.1 Å². The highest BCUT2D eigenvalue weighted by molar-refractivity contribution is 6.00. The summed E-state index contributed by atoms with van der Waals surface area (Å²) in [6.45, 7) is 3.83. The van der Waals surface area contributed by atoms with E-state index in [9.17, 15) is 27.6 Å². The summed E-state index contributed by atoms with van der Waals surface area (Å²) in [5.41, 5.74) is 5.22. The first kappa shape index (κ1) is 28.3. The van der Waals surface area contributed by atoms with E-state index < -0.39 is 30.2 Å². The van der Waals surface area contributed by atoms with Crippen molar-refractivity contribution in [1.82, 2.24) is 5.43 Å². The lowest BCUT2D eigenvalue weighted by Gasteiger charge is -2.17. The quantitative estimate of drug-likeness (QED) is 0.309. The number of carbonyl (C=O) groups excluding carboxylic acids is 3. The average Bonchev–Trinajstić information content (AvgIpc) is 3.31. The van der Waals surface area contributed by atoms with E-state index in [2.05, 4.69) is 15.8 Å². The topological polar surface area (TPSA) is 100 Å². The number of aryl methyl sites for hydroxylation is 2. The van der Waals surface area contributed by atoms with Crippen molar-refractivity contribution in [3.63, 3.8) is 0 Å². The van der Waals surface area contributed by atoms with Gasteiger partial charge in [0.25, 0.3) is 5.91 Å². The maximum Gasteiger partial charge on any atom is 0.416 e. The van der Waals surface area contributed by atoms with Crippen molar-refractivity contribution in [2.75, 3.05) is 23.4 Å². The van der Waals surface area contributed by atoms with Crippen LogP contribution in [0.25, 0.3) is 0 Å². The summed E-state index contributed by atoms with van der Waals surface area (Å²) in [7, 11) is 0. The Balaban J connectivity index is 1.23. The minimum absolute atomic E-state index is 0.0111. The van der Waals surface area contributed by atoms with E-state index in [-0.39, 0.29) is 30.5 Å². The number of rotatable bonds is 8. The lowest BCUT2D eigenvalue weighted by atomic mass is 10.1. The highest BCUT2D eigenvalue weighted by Crippen LogP contribution is 2.31. The maximum absolute atomic E-state index is 12.8. The first-order valence-corrected chi connectivity index (χ1v) is 12.4. The van der Waals surface area contributed by atoms with E-state index in [1.165, 1.54) is 18.3 Å². The number of alkyl halides is 3. The summed E-state index contributed by atoms with van der Waals surface area (Å²) in [5, 5.41) is 6.34. The number of amides is 3. The normalized spacial score (nSPS) is 15.4. The summed E-state index contributed by atoms with van der Waals surface area (Å²) in [6, 6.07) is 16.5. The van der Waals surface area contributed by atoms with Crippen LogP contribution in [0.2, 0.25) is 0 Å². The largest absolute Gasteiger partial charge is 0.484 e. The molecular formula is C29H27F3N4O4. The van der Waals surface area contributed by atoms with Gasteiger partial charge in [0.15, 0.2) is 6.61 Å². The zero-order chi connectivity index (χ0) is 28.9. The number of hydrogen-bond donors (Lipinski definition) is 2. The third-order valence-corrected chi connectivity index (χ3v) is 6.41. The summed E-state index contributed by atoms with van der Waals surface area (Å²) in [4.78, 5) is 38.7. The molecule has 1 fully saturated rings. The minimum atomic E-state index is -4.51. The summed E-state index contributed by atoms with van der Waals surface area (Å²) >= 11 is 0. The lowest BCUT2D eigenvalue weighted by molar-refractivity contribution is -0.137. The molecule has 3 aromatic carbocycles. The fraction of sp³-hybridized carbons (Fsp3) is 0.241. The van der Waals surface area contributed by atoms with Crippen LogP contribution >= 0.6 is 0 Å². The molecule has 1 aliphatic rings. The van der Waals surface area contributed by atoms with Crippen molar-refractivity contribution < 1.29 is 32.3 Å². The number of hydrogen-bond acceptors (Lipinski definition) is 5. The molecule has 1 atom stereocenters. The van der Waals surface area contributed by atoms with Crippen molar-refractivity contribution in [3.8, 4) is 5.75 Å². The van der Waals surface area contributed by atoms with Gasteiger partial charge in [-0.2, -0.15) is 18.3 Å². The van der Waals surface area contributed by atoms with Crippen molar-refractivity contribution in [2.45, 2.75) is 26.4 Å². The average molecular weight is 553 g/mol. The molecule has 1 heterocycles. The van der Waals surface area contributed by atoms with Crippen LogP contribution in [-0.2, 0) is 20.6 Å². The molecule has 0 spiro atoms. The molecule has 3 aromatic rings. The van der Waals surface area contributed by atoms with Gasteiger partial charge >= 0.3 is 6.18 Å². The molecule has 2 N–H and O–H groups in total. The predicted octanol–water partition coefficient (Wildman–Crippen LogP) is 4.84. The van der Waals surface area contributed by atoms with Gasteiger partial charge in [-0.25, -0.2) is 5.43 Å². The Morgan fingerprint density at radius 3 is 2.50 bits per heavy atom. The third-order valence-electron chi connectivity index (χ3n) is 6.41. The molecule has 0 saturated carbocycles. The summed E-state index contributed by atoms with van der Waals surface area (Å²) in [5.74, 6) is -1.26. The van der Waals surface area contributed by atoms with Crippen LogP contribution in [0.3, 0.4) is 0 Å². The Morgan fingerprint density at radius 2 is 1.80 bits per heavy atom. The molecule has 4 rings (SSSR count). The van der Waals surface area contributed by atoms with E-state index in [1.54, 1.807) is 29.2 Å². The standard InChI is InChI=1S/C29H27F3N4O4/c1-18-6-9-24(12-19(18)2)36-16-21(13-27(36)38)28(39)35-33-15-20-7-10-25(11-8-20)40-17-26(37)34-23-5-3-4-22(14-23)29(30,31)32/h3-12,14-15,21H,13,16-17H2,1-2H3,(H,34,37)(H,35,39)/b33-15-/t21-/m0/s1. The van der Waals surface area contributed by atoms with Crippen LogP contribution in [0.4, 0.5) is 24.5 Å². The fourth-order valence-electron chi connectivity index (χ4n) is 4.06. The van der Waals surface area contributed by atoms with Gasteiger partial charge in [0.1, 0.15) is 5.75 Å². The van der Waals surface area contributed by atoms with E-state index in [0.717, 1.165) is 28.9 Å². The van der Waals surface area contributed by atoms with E-state index in [4.69, 9.17) is 4.74 Å². The third kappa shape index (κ3) is 7.25. The van der Waals surface area contributed by atoms with Crippen molar-refractivity contribution in [3.05, 3.63) is 89.0 Å². The molecule has 1 saturated heterocycles. The highest BCUT2D eigenvalue weighted by Gasteiger charge is 2.35. The van der Waals surface area contributed by atoms with Gasteiger partial charge in [0.05, 0.1) is 17.7 Å². The molecule has 1 aliphatic heterocycles. The predicted molar refractivity (Wildman–Crippen MR) is 144 cm³/mol. The van der Waals surface area contributed by atoms with Crippen molar-refractivity contribution in [2.24, 2.45) is 11.0 Å². The second-order valence-electron chi connectivity index (χ2n) is 9.39. The van der Waals surface area contributed by atoms with E-state index in [0.29, 0.717) is 11.3 Å². The van der Waals surface area contributed by atoms with E-state index in [1.807, 2.05) is 32.0 Å². The first-order chi connectivity index (χ1) is 19.0. The smallest absolute Gasteiger partial charge is 0.416 e. The molecule has 40 heavy (non-hydrogen) atoms. The second-order valence-corrected chi connectivity index (χ2v) is 9.39. The SMILES string of the molecule is Cc1ccc(N2C[C@@H](C(=O)N/N=C\c3ccc(OCC(=O)Nc4cccc(C(F)(F)F)c4)cc3)CC2=O)cc1C. The van der Waals surface area contributed by atoms with Crippen LogP contribution in [0.15, 0.2) is 71.8 Å². The van der Waals surface area contributed by atoms with Crippen LogP contribution in [0, 0.1) is 19.8 Å². The molecular weight excluding hydrogens is 525 g/mol. The van der Waals surface area contributed by atoms with Crippen LogP contribution in [-0.4, -0.2) is 37.1 Å². The molecule has 0 unspecified atom stereocenters. The number of hydrazone groups is 1. The van der Waals surface area contributed by atoms with Gasteiger partial charge in [-0.05, 0) is 85.1 Å². The van der Waals surface area contributed by atoms with Gasteiger partial charge in [0.2, 0.25) is 11.8 Å². The number of nitrogens with one attached hydrogen (secondary N) is 2. The van der Waals surface area contributed by atoms with Gasteiger partial charge in [-0.15, -0.1) is 0 Å².